The molecule has 98 valence electrons. The van der Waals surface area contributed by atoms with Gasteiger partial charge in [0.15, 0.2) is 0 Å². The number of carbonyl (C=O) groups excluding carboxylic acids is 1. The first-order valence-electron chi connectivity index (χ1n) is 5.83. The van der Waals surface area contributed by atoms with Crippen LogP contribution in [0.4, 0.5) is 10.5 Å². The topological polar surface area (TPSA) is 58.4 Å². The summed E-state index contributed by atoms with van der Waals surface area (Å²) >= 11 is 11.7. The van der Waals surface area contributed by atoms with Crippen LogP contribution >= 0.6 is 23.2 Å². The standard InChI is InChI=1S/C12H15Cl2N3O/c13-10-2-1-9(7-11(10)14)16-12(18)17-5-3-8(15)4-6-17/h1-2,7-8H,3-6,15H2,(H,16,18). The maximum atomic E-state index is 12.0. The summed E-state index contributed by atoms with van der Waals surface area (Å²) < 4.78 is 0. The van der Waals surface area contributed by atoms with Crippen LogP contribution in [0.15, 0.2) is 18.2 Å². The summed E-state index contributed by atoms with van der Waals surface area (Å²) in [5, 5.41) is 3.69. The number of likely N-dealkylation sites (tertiary alicyclic amines) is 1. The number of benzene rings is 1. The number of hydrogen-bond acceptors (Lipinski definition) is 2. The van der Waals surface area contributed by atoms with Crippen molar-refractivity contribution in [3.05, 3.63) is 28.2 Å². The Kier molecular flexibility index (Phi) is 4.32. The molecule has 1 saturated heterocycles. The highest BCUT2D eigenvalue weighted by molar-refractivity contribution is 6.42. The molecule has 3 N–H and O–H groups in total. The third-order valence-corrected chi connectivity index (χ3v) is 3.74. The van der Waals surface area contributed by atoms with Gasteiger partial charge < -0.3 is 16.0 Å². The fourth-order valence-corrected chi connectivity index (χ4v) is 2.18. The molecule has 0 aromatic heterocycles. The van der Waals surface area contributed by atoms with Gasteiger partial charge in [-0.2, -0.15) is 0 Å². The van der Waals surface area contributed by atoms with E-state index in [0.717, 1.165) is 12.8 Å². The number of rotatable bonds is 1. The molecule has 1 aromatic rings. The summed E-state index contributed by atoms with van der Waals surface area (Å²) in [5.74, 6) is 0. The van der Waals surface area contributed by atoms with Crippen LogP contribution in [0.25, 0.3) is 0 Å². The number of piperidine rings is 1. The molecule has 2 rings (SSSR count). The number of nitrogens with zero attached hydrogens (tertiary/aromatic N) is 1. The van der Waals surface area contributed by atoms with Gasteiger partial charge in [0, 0.05) is 24.8 Å². The van der Waals surface area contributed by atoms with Gasteiger partial charge in [-0.05, 0) is 31.0 Å². The number of hydrogen-bond donors (Lipinski definition) is 2. The number of halogens is 2. The predicted molar refractivity (Wildman–Crippen MR) is 74.3 cm³/mol. The molecule has 0 bridgehead atoms. The lowest BCUT2D eigenvalue weighted by atomic mass is 10.1. The molecule has 0 radical (unpaired) electrons. The second-order valence-electron chi connectivity index (χ2n) is 4.38. The Labute approximate surface area is 116 Å². The summed E-state index contributed by atoms with van der Waals surface area (Å²) in [6.07, 6.45) is 1.68. The molecule has 0 atom stereocenters. The van der Waals surface area contributed by atoms with Crippen molar-refractivity contribution >= 4 is 34.9 Å². The molecule has 0 spiro atoms. The van der Waals surface area contributed by atoms with Gasteiger partial charge in [0.2, 0.25) is 0 Å². The van der Waals surface area contributed by atoms with E-state index in [1.165, 1.54) is 0 Å². The number of anilines is 1. The van der Waals surface area contributed by atoms with Crippen molar-refractivity contribution in [2.75, 3.05) is 18.4 Å². The van der Waals surface area contributed by atoms with Crippen LogP contribution in [0, 0.1) is 0 Å². The Balaban J connectivity index is 1.96. The zero-order valence-corrected chi connectivity index (χ0v) is 11.3. The monoisotopic (exact) mass is 287 g/mol. The second kappa shape index (κ2) is 5.78. The highest BCUT2D eigenvalue weighted by atomic mass is 35.5. The summed E-state index contributed by atoms with van der Waals surface area (Å²) in [4.78, 5) is 13.7. The van der Waals surface area contributed by atoms with E-state index in [4.69, 9.17) is 28.9 Å². The first-order chi connectivity index (χ1) is 8.56. The first-order valence-corrected chi connectivity index (χ1v) is 6.58. The van der Waals surface area contributed by atoms with E-state index in [1.54, 1.807) is 23.1 Å². The number of urea groups is 1. The first kappa shape index (κ1) is 13.5. The third-order valence-electron chi connectivity index (χ3n) is 3.00. The molecule has 0 aliphatic carbocycles. The molecule has 0 saturated carbocycles. The normalized spacial score (nSPS) is 16.7. The molecule has 1 fully saturated rings. The average molecular weight is 288 g/mol. The summed E-state index contributed by atoms with van der Waals surface area (Å²) in [5.41, 5.74) is 6.44. The lowest BCUT2D eigenvalue weighted by Crippen LogP contribution is -2.44. The minimum atomic E-state index is -0.125. The molecule has 6 heteroatoms. The van der Waals surface area contributed by atoms with E-state index in [-0.39, 0.29) is 12.1 Å². The van der Waals surface area contributed by atoms with Gasteiger partial charge >= 0.3 is 6.03 Å². The molecular weight excluding hydrogens is 273 g/mol. The van der Waals surface area contributed by atoms with Crippen LogP contribution in [-0.4, -0.2) is 30.1 Å². The van der Waals surface area contributed by atoms with Crippen molar-refractivity contribution in [2.45, 2.75) is 18.9 Å². The summed E-state index contributed by atoms with van der Waals surface area (Å²) in [6, 6.07) is 5.10. The van der Waals surface area contributed by atoms with Gasteiger partial charge in [-0.25, -0.2) is 4.79 Å². The van der Waals surface area contributed by atoms with Crippen molar-refractivity contribution in [3.8, 4) is 0 Å². The summed E-state index contributed by atoms with van der Waals surface area (Å²) in [6.45, 7) is 1.38. The van der Waals surface area contributed by atoms with Crippen molar-refractivity contribution in [1.29, 1.82) is 0 Å². The molecule has 1 aliphatic heterocycles. The SMILES string of the molecule is NC1CCN(C(=O)Nc2ccc(Cl)c(Cl)c2)CC1. The largest absolute Gasteiger partial charge is 0.328 e. The van der Waals surface area contributed by atoms with Gasteiger partial charge in [0.25, 0.3) is 0 Å². The van der Waals surface area contributed by atoms with Gasteiger partial charge in [-0.1, -0.05) is 23.2 Å². The van der Waals surface area contributed by atoms with Crippen LogP contribution in [0.2, 0.25) is 10.0 Å². The fourth-order valence-electron chi connectivity index (χ4n) is 1.88. The number of carbonyl (C=O) groups is 1. The fraction of sp³-hybridized carbons (Fsp3) is 0.417. The second-order valence-corrected chi connectivity index (χ2v) is 5.20. The number of nitrogens with two attached hydrogens (primary N) is 1. The van der Waals surface area contributed by atoms with Crippen molar-refractivity contribution < 1.29 is 4.79 Å². The van der Waals surface area contributed by atoms with E-state index in [9.17, 15) is 4.79 Å². The molecule has 1 aromatic carbocycles. The molecule has 2 amide bonds. The van der Waals surface area contributed by atoms with Gasteiger partial charge in [-0.15, -0.1) is 0 Å². The van der Waals surface area contributed by atoms with Gasteiger partial charge in [-0.3, -0.25) is 0 Å². The Morgan fingerprint density at radius 3 is 2.56 bits per heavy atom. The minimum absolute atomic E-state index is 0.125. The highest BCUT2D eigenvalue weighted by Crippen LogP contribution is 2.25. The number of nitrogens with one attached hydrogen (secondary N) is 1. The Bertz CT molecular complexity index is 445. The molecular formula is C12H15Cl2N3O. The zero-order chi connectivity index (χ0) is 13.1. The third kappa shape index (κ3) is 3.28. The number of amides is 2. The van der Waals surface area contributed by atoms with E-state index in [2.05, 4.69) is 5.32 Å². The molecule has 0 unspecified atom stereocenters. The van der Waals surface area contributed by atoms with Gasteiger partial charge in [0.05, 0.1) is 10.0 Å². The van der Waals surface area contributed by atoms with Crippen LogP contribution in [-0.2, 0) is 0 Å². The van der Waals surface area contributed by atoms with Crippen molar-refractivity contribution in [1.82, 2.24) is 4.90 Å². The maximum absolute atomic E-state index is 12.0. The lowest BCUT2D eigenvalue weighted by Gasteiger charge is -2.30. The van der Waals surface area contributed by atoms with Crippen LogP contribution in [0.5, 0.6) is 0 Å². The van der Waals surface area contributed by atoms with Gasteiger partial charge in [0.1, 0.15) is 0 Å². The quantitative estimate of drug-likeness (QED) is 0.834. The van der Waals surface area contributed by atoms with E-state index in [1.807, 2.05) is 0 Å². The Morgan fingerprint density at radius 1 is 1.28 bits per heavy atom. The highest BCUT2D eigenvalue weighted by Gasteiger charge is 2.20. The smallest absolute Gasteiger partial charge is 0.321 e. The molecule has 1 heterocycles. The lowest BCUT2D eigenvalue weighted by molar-refractivity contribution is 0.195. The molecule has 1 aliphatic rings. The average Bonchev–Trinajstić information content (AvgIpc) is 2.34. The maximum Gasteiger partial charge on any atom is 0.321 e. The molecule has 4 nitrogen and oxygen atoms in total. The minimum Gasteiger partial charge on any atom is -0.328 e. The van der Waals surface area contributed by atoms with E-state index >= 15 is 0 Å². The van der Waals surface area contributed by atoms with Crippen LogP contribution in [0.1, 0.15) is 12.8 Å². The summed E-state index contributed by atoms with van der Waals surface area (Å²) in [7, 11) is 0. The van der Waals surface area contributed by atoms with E-state index < -0.39 is 0 Å². The Morgan fingerprint density at radius 2 is 1.94 bits per heavy atom. The van der Waals surface area contributed by atoms with Crippen LogP contribution < -0.4 is 11.1 Å². The van der Waals surface area contributed by atoms with Crippen molar-refractivity contribution in [2.24, 2.45) is 5.73 Å². The Hall–Kier alpha value is -0.970. The predicted octanol–water partition coefficient (Wildman–Crippen LogP) is 2.95. The van der Waals surface area contributed by atoms with E-state index in [0.29, 0.717) is 28.8 Å². The zero-order valence-electron chi connectivity index (χ0n) is 9.83. The van der Waals surface area contributed by atoms with Crippen molar-refractivity contribution in [3.63, 3.8) is 0 Å². The molecule has 18 heavy (non-hydrogen) atoms. The van der Waals surface area contributed by atoms with Crippen LogP contribution in [0.3, 0.4) is 0 Å².